The second kappa shape index (κ2) is 4.37. The van der Waals surface area contributed by atoms with Crippen LogP contribution in [0.3, 0.4) is 0 Å². The first kappa shape index (κ1) is 10.2. The maximum absolute atomic E-state index is 11.5. The van der Waals surface area contributed by atoms with Crippen LogP contribution in [0.4, 0.5) is 0 Å². The zero-order chi connectivity index (χ0) is 9.84. The van der Waals surface area contributed by atoms with Crippen LogP contribution in [0.1, 0.15) is 30.4 Å². The summed E-state index contributed by atoms with van der Waals surface area (Å²) in [5, 5.41) is 2.91. The van der Waals surface area contributed by atoms with Crippen LogP contribution >= 0.6 is 11.3 Å². The molecule has 0 aliphatic carbocycles. The van der Waals surface area contributed by atoms with Crippen molar-refractivity contribution < 1.29 is 4.79 Å². The Balaban J connectivity index is 2.52. The molecule has 3 nitrogen and oxygen atoms in total. The van der Waals surface area contributed by atoms with E-state index >= 15 is 0 Å². The third-order valence-corrected chi connectivity index (χ3v) is 2.79. The fourth-order valence-electron chi connectivity index (χ4n) is 0.772. The standard InChI is InChI=1S/C9H14N2OS/c1-6(2)7(3)11-9(12)8-4-10-5-13-8/h4-7H,1-3H3,(H,11,12)/t7-/m1/s1. The van der Waals surface area contributed by atoms with Gasteiger partial charge in [0.2, 0.25) is 0 Å². The molecular formula is C9H14N2OS. The Labute approximate surface area is 82.2 Å². The van der Waals surface area contributed by atoms with Crippen LogP contribution in [0.15, 0.2) is 11.7 Å². The minimum absolute atomic E-state index is 0.0244. The van der Waals surface area contributed by atoms with Crippen LogP contribution in [-0.4, -0.2) is 16.9 Å². The first-order chi connectivity index (χ1) is 6.11. The van der Waals surface area contributed by atoms with Crippen molar-refractivity contribution in [2.75, 3.05) is 0 Å². The lowest BCUT2D eigenvalue weighted by molar-refractivity contribution is 0.0934. The highest BCUT2D eigenvalue weighted by Crippen LogP contribution is 2.07. The van der Waals surface area contributed by atoms with Gasteiger partial charge in [-0.1, -0.05) is 13.8 Å². The molecule has 1 heterocycles. The van der Waals surface area contributed by atoms with E-state index in [2.05, 4.69) is 24.1 Å². The van der Waals surface area contributed by atoms with Gasteiger partial charge in [-0.15, -0.1) is 11.3 Å². The Morgan fingerprint density at radius 3 is 2.69 bits per heavy atom. The number of hydrogen-bond acceptors (Lipinski definition) is 3. The van der Waals surface area contributed by atoms with Gasteiger partial charge in [0.25, 0.3) is 5.91 Å². The third kappa shape index (κ3) is 2.81. The van der Waals surface area contributed by atoms with Gasteiger partial charge in [0.15, 0.2) is 0 Å². The van der Waals surface area contributed by atoms with Crippen LogP contribution in [-0.2, 0) is 0 Å². The Morgan fingerprint density at radius 2 is 2.23 bits per heavy atom. The van der Waals surface area contributed by atoms with Crippen molar-refractivity contribution in [3.05, 3.63) is 16.6 Å². The van der Waals surface area contributed by atoms with Crippen molar-refractivity contribution in [1.29, 1.82) is 0 Å². The summed E-state index contributed by atoms with van der Waals surface area (Å²) in [6.45, 7) is 6.17. The third-order valence-electron chi connectivity index (χ3n) is 2.01. The lowest BCUT2D eigenvalue weighted by Gasteiger charge is -2.16. The molecule has 1 N–H and O–H groups in total. The fourth-order valence-corrected chi connectivity index (χ4v) is 1.30. The fraction of sp³-hybridized carbons (Fsp3) is 0.556. The number of carbonyl (C=O) groups is 1. The monoisotopic (exact) mass is 198 g/mol. The zero-order valence-electron chi connectivity index (χ0n) is 8.07. The molecule has 1 aromatic rings. The predicted octanol–water partition coefficient (Wildman–Crippen LogP) is 1.92. The maximum atomic E-state index is 11.5. The molecule has 0 saturated heterocycles. The van der Waals surface area contributed by atoms with Crippen molar-refractivity contribution in [2.24, 2.45) is 5.92 Å². The molecular weight excluding hydrogens is 184 g/mol. The van der Waals surface area contributed by atoms with Crippen LogP contribution in [0.2, 0.25) is 0 Å². The molecule has 0 saturated carbocycles. The maximum Gasteiger partial charge on any atom is 0.263 e. The SMILES string of the molecule is CC(C)[C@@H](C)NC(=O)c1cncs1. The van der Waals surface area contributed by atoms with Crippen LogP contribution in [0.5, 0.6) is 0 Å². The normalized spacial score (nSPS) is 12.9. The number of hydrogen-bond donors (Lipinski definition) is 1. The molecule has 0 aromatic carbocycles. The highest BCUT2D eigenvalue weighted by molar-refractivity contribution is 7.11. The number of thiazole rings is 1. The molecule has 0 radical (unpaired) electrons. The van der Waals surface area contributed by atoms with Gasteiger partial charge in [-0.2, -0.15) is 0 Å². The summed E-state index contributed by atoms with van der Waals surface area (Å²) in [6, 6.07) is 0.203. The molecule has 0 bridgehead atoms. The number of carbonyl (C=O) groups excluding carboxylic acids is 1. The van der Waals surface area contributed by atoms with E-state index in [-0.39, 0.29) is 11.9 Å². The van der Waals surface area contributed by atoms with E-state index < -0.39 is 0 Å². The van der Waals surface area contributed by atoms with Gasteiger partial charge in [0, 0.05) is 6.04 Å². The van der Waals surface area contributed by atoms with Gasteiger partial charge < -0.3 is 5.32 Å². The number of amides is 1. The van der Waals surface area contributed by atoms with E-state index in [1.54, 1.807) is 11.7 Å². The molecule has 0 aliphatic rings. The molecule has 1 atom stereocenters. The first-order valence-corrected chi connectivity index (χ1v) is 5.18. The lowest BCUT2D eigenvalue weighted by atomic mass is 10.1. The molecule has 0 unspecified atom stereocenters. The van der Waals surface area contributed by atoms with E-state index in [0.29, 0.717) is 10.8 Å². The number of nitrogens with zero attached hydrogens (tertiary/aromatic N) is 1. The Morgan fingerprint density at radius 1 is 1.54 bits per heavy atom. The molecule has 1 rings (SSSR count). The van der Waals surface area contributed by atoms with Crippen molar-refractivity contribution in [3.63, 3.8) is 0 Å². The second-order valence-electron chi connectivity index (χ2n) is 3.37. The molecule has 1 aromatic heterocycles. The summed E-state index contributed by atoms with van der Waals surface area (Å²) < 4.78 is 0. The molecule has 13 heavy (non-hydrogen) atoms. The van der Waals surface area contributed by atoms with Gasteiger partial charge in [0.1, 0.15) is 4.88 Å². The van der Waals surface area contributed by atoms with E-state index in [4.69, 9.17) is 0 Å². The Hall–Kier alpha value is -0.900. The van der Waals surface area contributed by atoms with Crippen molar-refractivity contribution in [3.8, 4) is 0 Å². The average Bonchev–Trinajstić information content (AvgIpc) is 2.55. The van der Waals surface area contributed by atoms with Gasteiger partial charge >= 0.3 is 0 Å². The number of nitrogens with one attached hydrogen (secondary N) is 1. The predicted molar refractivity (Wildman–Crippen MR) is 53.9 cm³/mol. The summed E-state index contributed by atoms with van der Waals surface area (Å²) in [4.78, 5) is 16.0. The Bertz CT molecular complexity index is 269. The zero-order valence-corrected chi connectivity index (χ0v) is 8.89. The molecule has 0 spiro atoms. The number of aromatic nitrogens is 1. The summed E-state index contributed by atoms with van der Waals surface area (Å²) in [5.74, 6) is 0.431. The molecule has 0 fully saturated rings. The average molecular weight is 198 g/mol. The quantitative estimate of drug-likeness (QED) is 0.806. The van der Waals surface area contributed by atoms with Gasteiger partial charge in [-0.3, -0.25) is 9.78 Å². The largest absolute Gasteiger partial charge is 0.349 e. The summed E-state index contributed by atoms with van der Waals surface area (Å²) in [6.07, 6.45) is 1.59. The second-order valence-corrected chi connectivity index (χ2v) is 4.26. The van der Waals surface area contributed by atoms with E-state index in [0.717, 1.165) is 0 Å². The van der Waals surface area contributed by atoms with Crippen LogP contribution < -0.4 is 5.32 Å². The summed E-state index contributed by atoms with van der Waals surface area (Å²) >= 11 is 1.36. The minimum atomic E-state index is -0.0244. The van der Waals surface area contributed by atoms with Crippen molar-refractivity contribution >= 4 is 17.2 Å². The first-order valence-electron chi connectivity index (χ1n) is 4.30. The van der Waals surface area contributed by atoms with Crippen LogP contribution in [0.25, 0.3) is 0 Å². The van der Waals surface area contributed by atoms with Gasteiger partial charge in [0.05, 0.1) is 11.7 Å². The van der Waals surface area contributed by atoms with Gasteiger partial charge in [-0.05, 0) is 12.8 Å². The highest BCUT2D eigenvalue weighted by atomic mass is 32.1. The van der Waals surface area contributed by atoms with Crippen molar-refractivity contribution in [2.45, 2.75) is 26.8 Å². The molecule has 1 amide bonds. The topological polar surface area (TPSA) is 42.0 Å². The summed E-state index contributed by atoms with van der Waals surface area (Å²) in [5.41, 5.74) is 1.66. The van der Waals surface area contributed by atoms with Crippen LogP contribution in [0, 0.1) is 5.92 Å². The molecule has 4 heteroatoms. The van der Waals surface area contributed by atoms with Gasteiger partial charge in [-0.25, -0.2) is 0 Å². The minimum Gasteiger partial charge on any atom is -0.349 e. The van der Waals surface area contributed by atoms with E-state index in [1.165, 1.54) is 11.3 Å². The lowest BCUT2D eigenvalue weighted by Crippen LogP contribution is -2.35. The van der Waals surface area contributed by atoms with E-state index in [9.17, 15) is 4.79 Å². The summed E-state index contributed by atoms with van der Waals surface area (Å²) in [7, 11) is 0. The van der Waals surface area contributed by atoms with Crippen molar-refractivity contribution in [1.82, 2.24) is 10.3 Å². The number of rotatable bonds is 3. The highest BCUT2D eigenvalue weighted by Gasteiger charge is 2.12. The molecule has 72 valence electrons. The smallest absolute Gasteiger partial charge is 0.263 e. The Kier molecular flexibility index (Phi) is 3.42. The van der Waals surface area contributed by atoms with E-state index in [1.807, 2.05) is 6.92 Å². The molecule has 0 aliphatic heterocycles.